The molecule has 1 saturated heterocycles. The largest absolute Gasteiger partial charge is 0.395 e. The summed E-state index contributed by atoms with van der Waals surface area (Å²) in [5.74, 6) is 0.621. The summed E-state index contributed by atoms with van der Waals surface area (Å²) in [6.45, 7) is 5.71. The third-order valence-corrected chi connectivity index (χ3v) is 4.11. The molecule has 0 amide bonds. The molecule has 6 heteroatoms. The van der Waals surface area contributed by atoms with Crippen LogP contribution in [0, 0.1) is 23.0 Å². The molecule has 1 aromatic rings. The minimum atomic E-state index is -0.351. The van der Waals surface area contributed by atoms with Crippen molar-refractivity contribution in [2.75, 3.05) is 38.1 Å². The second kappa shape index (κ2) is 7.38. The van der Waals surface area contributed by atoms with Crippen LogP contribution in [0.1, 0.15) is 18.4 Å². The van der Waals surface area contributed by atoms with Crippen molar-refractivity contribution in [3.05, 3.63) is 33.9 Å². The first kappa shape index (κ1) is 15.7. The van der Waals surface area contributed by atoms with Crippen LogP contribution in [0.25, 0.3) is 0 Å². The number of nitrogens with zero attached hydrogens (tertiary/aromatic N) is 2. The molecule has 1 aliphatic heterocycles. The molecule has 0 spiro atoms. The molecule has 0 aliphatic carbocycles. The topological polar surface area (TPSA) is 78.6 Å². The second-order valence-corrected chi connectivity index (χ2v) is 5.65. The van der Waals surface area contributed by atoms with Crippen molar-refractivity contribution in [3.63, 3.8) is 0 Å². The predicted molar refractivity (Wildman–Crippen MR) is 82.6 cm³/mol. The van der Waals surface area contributed by atoms with Gasteiger partial charge >= 0.3 is 0 Å². The summed E-state index contributed by atoms with van der Waals surface area (Å²) in [4.78, 5) is 12.7. The van der Waals surface area contributed by atoms with Crippen molar-refractivity contribution in [1.82, 2.24) is 4.90 Å². The summed E-state index contributed by atoms with van der Waals surface area (Å²) in [6, 6.07) is 5.16. The molecule has 1 fully saturated rings. The van der Waals surface area contributed by atoms with Gasteiger partial charge in [-0.2, -0.15) is 0 Å². The number of piperidine rings is 1. The molecule has 21 heavy (non-hydrogen) atoms. The van der Waals surface area contributed by atoms with E-state index < -0.39 is 0 Å². The molecule has 0 aromatic heterocycles. The third-order valence-electron chi connectivity index (χ3n) is 4.11. The van der Waals surface area contributed by atoms with Gasteiger partial charge in [-0.15, -0.1) is 0 Å². The van der Waals surface area contributed by atoms with Crippen LogP contribution in [0.4, 0.5) is 11.4 Å². The van der Waals surface area contributed by atoms with Crippen LogP contribution in [0.5, 0.6) is 0 Å². The molecule has 1 aromatic carbocycles. The number of anilines is 1. The van der Waals surface area contributed by atoms with Gasteiger partial charge in [0.15, 0.2) is 0 Å². The Labute approximate surface area is 124 Å². The van der Waals surface area contributed by atoms with Gasteiger partial charge in [0.2, 0.25) is 0 Å². The van der Waals surface area contributed by atoms with Crippen molar-refractivity contribution in [1.29, 1.82) is 0 Å². The molecular weight excluding hydrogens is 270 g/mol. The number of nitro groups is 1. The summed E-state index contributed by atoms with van der Waals surface area (Å²) in [7, 11) is 0. The van der Waals surface area contributed by atoms with E-state index in [-0.39, 0.29) is 17.2 Å². The summed E-state index contributed by atoms with van der Waals surface area (Å²) in [5, 5.41) is 23.1. The number of β-amino-alcohol motifs (C(OH)–C–C–N with tert-alkyl or cyclic N) is 1. The number of benzene rings is 1. The van der Waals surface area contributed by atoms with Crippen molar-refractivity contribution >= 4 is 11.4 Å². The van der Waals surface area contributed by atoms with Crippen LogP contribution in [0.3, 0.4) is 0 Å². The molecule has 0 atom stereocenters. The fraction of sp³-hybridized carbons (Fsp3) is 0.600. The van der Waals surface area contributed by atoms with E-state index in [4.69, 9.17) is 5.11 Å². The van der Waals surface area contributed by atoms with Crippen LogP contribution in [0.2, 0.25) is 0 Å². The fourth-order valence-electron chi connectivity index (χ4n) is 2.79. The van der Waals surface area contributed by atoms with Gasteiger partial charge in [0.1, 0.15) is 0 Å². The maximum absolute atomic E-state index is 10.8. The highest BCUT2D eigenvalue weighted by atomic mass is 16.6. The lowest BCUT2D eigenvalue weighted by Crippen LogP contribution is -2.37. The average molecular weight is 293 g/mol. The van der Waals surface area contributed by atoms with Crippen LogP contribution in [-0.4, -0.2) is 47.7 Å². The lowest BCUT2D eigenvalue weighted by atomic mass is 9.96. The van der Waals surface area contributed by atoms with Crippen LogP contribution >= 0.6 is 0 Å². The lowest BCUT2D eigenvalue weighted by molar-refractivity contribution is -0.385. The average Bonchev–Trinajstić information content (AvgIpc) is 2.46. The Hall–Kier alpha value is -1.66. The Morgan fingerprint density at radius 1 is 1.43 bits per heavy atom. The first-order valence-electron chi connectivity index (χ1n) is 7.42. The smallest absolute Gasteiger partial charge is 0.272 e. The van der Waals surface area contributed by atoms with Crippen molar-refractivity contribution in [3.8, 4) is 0 Å². The summed E-state index contributed by atoms with van der Waals surface area (Å²) in [5.41, 5.74) is 1.79. The molecule has 1 aliphatic rings. The van der Waals surface area contributed by atoms with Gasteiger partial charge in [-0.1, -0.05) is 0 Å². The predicted octanol–water partition coefficient (Wildman–Crippen LogP) is 2.02. The normalized spacial score (nSPS) is 16.9. The highest BCUT2D eigenvalue weighted by Gasteiger charge is 2.18. The molecule has 0 saturated carbocycles. The van der Waals surface area contributed by atoms with E-state index in [0.717, 1.165) is 44.7 Å². The quantitative estimate of drug-likeness (QED) is 0.619. The van der Waals surface area contributed by atoms with Crippen LogP contribution in [0.15, 0.2) is 18.2 Å². The minimum Gasteiger partial charge on any atom is -0.395 e. The molecule has 116 valence electrons. The highest BCUT2D eigenvalue weighted by molar-refractivity contribution is 5.53. The summed E-state index contributed by atoms with van der Waals surface area (Å²) >= 11 is 0. The zero-order valence-corrected chi connectivity index (χ0v) is 12.4. The van der Waals surface area contributed by atoms with Gasteiger partial charge in [0, 0.05) is 30.4 Å². The lowest BCUT2D eigenvalue weighted by Gasteiger charge is -2.31. The van der Waals surface area contributed by atoms with E-state index in [1.165, 1.54) is 0 Å². The van der Waals surface area contributed by atoms with Gasteiger partial charge in [-0.25, -0.2) is 0 Å². The Kier molecular flexibility index (Phi) is 5.52. The maximum atomic E-state index is 10.8. The highest BCUT2D eigenvalue weighted by Crippen LogP contribution is 2.23. The summed E-state index contributed by atoms with van der Waals surface area (Å²) in [6.07, 6.45) is 2.25. The molecule has 0 radical (unpaired) electrons. The number of likely N-dealkylation sites (tertiary alicyclic amines) is 1. The summed E-state index contributed by atoms with van der Waals surface area (Å²) < 4.78 is 0. The molecule has 0 bridgehead atoms. The number of nitro benzene ring substituents is 1. The fourth-order valence-corrected chi connectivity index (χ4v) is 2.79. The second-order valence-electron chi connectivity index (χ2n) is 5.65. The van der Waals surface area contributed by atoms with Crippen molar-refractivity contribution in [2.24, 2.45) is 5.92 Å². The number of aryl methyl sites for hydroxylation is 1. The van der Waals surface area contributed by atoms with Gasteiger partial charge < -0.3 is 15.3 Å². The Morgan fingerprint density at radius 3 is 2.71 bits per heavy atom. The maximum Gasteiger partial charge on any atom is 0.272 e. The van der Waals surface area contributed by atoms with Gasteiger partial charge in [0.05, 0.1) is 11.5 Å². The SMILES string of the molecule is Cc1cc(NCC2CCN(CCO)CC2)ccc1[N+](=O)[O-]. The van der Waals surface area contributed by atoms with Crippen molar-refractivity contribution < 1.29 is 10.0 Å². The van der Waals surface area contributed by atoms with Crippen molar-refractivity contribution in [2.45, 2.75) is 19.8 Å². The first-order valence-corrected chi connectivity index (χ1v) is 7.42. The van der Waals surface area contributed by atoms with E-state index in [1.807, 2.05) is 6.07 Å². The Bertz CT molecular complexity index is 485. The molecule has 2 rings (SSSR count). The zero-order valence-electron chi connectivity index (χ0n) is 12.4. The van der Waals surface area contributed by atoms with E-state index in [9.17, 15) is 10.1 Å². The standard InChI is InChI=1S/C15H23N3O3/c1-12-10-14(2-3-15(12)18(20)21)16-11-13-4-6-17(7-5-13)8-9-19/h2-3,10,13,16,19H,4-9,11H2,1H3. The number of hydrogen-bond donors (Lipinski definition) is 2. The van der Waals surface area contributed by atoms with E-state index in [0.29, 0.717) is 11.5 Å². The number of nitrogens with one attached hydrogen (secondary N) is 1. The monoisotopic (exact) mass is 293 g/mol. The van der Waals surface area contributed by atoms with Gasteiger partial charge in [-0.05, 0) is 50.9 Å². The third kappa shape index (κ3) is 4.41. The number of rotatable bonds is 6. The van der Waals surface area contributed by atoms with Crippen LogP contribution in [-0.2, 0) is 0 Å². The first-order chi connectivity index (χ1) is 10.1. The van der Waals surface area contributed by atoms with E-state index in [1.54, 1.807) is 19.1 Å². The zero-order chi connectivity index (χ0) is 15.2. The number of aliphatic hydroxyl groups excluding tert-OH is 1. The molecule has 0 unspecified atom stereocenters. The molecule has 6 nitrogen and oxygen atoms in total. The van der Waals surface area contributed by atoms with Gasteiger partial charge in [-0.3, -0.25) is 10.1 Å². The molecule has 1 heterocycles. The molecular formula is C15H23N3O3. The minimum absolute atomic E-state index is 0.165. The Balaban J connectivity index is 1.81. The van der Waals surface area contributed by atoms with Gasteiger partial charge in [0.25, 0.3) is 5.69 Å². The molecule has 2 N–H and O–H groups in total. The van der Waals surface area contributed by atoms with Crippen LogP contribution < -0.4 is 5.32 Å². The van der Waals surface area contributed by atoms with E-state index >= 15 is 0 Å². The number of aliphatic hydroxyl groups is 1. The Morgan fingerprint density at radius 2 is 2.14 bits per heavy atom. The van der Waals surface area contributed by atoms with E-state index in [2.05, 4.69) is 10.2 Å². The number of hydrogen-bond acceptors (Lipinski definition) is 5.